The maximum absolute atomic E-state index is 9.90. The number of nitriles is 1. The summed E-state index contributed by atoms with van der Waals surface area (Å²) in [7, 11) is 0. The third-order valence-corrected chi connectivity index (χ3v) is 1.17. The molecule has 2 unspecified atom stereocenters. The normalized spacial score (nSPS) is 16.0. The third-order valence-electron chi connectivity index (χ3n) is 0.496. The van der Waals surface area contributed by atoms with Crippen LogP contribution in [0, 0.1) is 16.7 Å². The first-order valence-corrected chi connectivity index (χ1v) is 2.89. The molecule has 5 heteroatoms. The fourth-order valence-corrected chi connectivity index (χ4v) is 0.347. The first-order chi connectivity index (χ1) is 3.72. The van der Waals surface area contributed by atoms with Crippen LogP contribution in [0.4, 0.5) is 0 Å². The minimum Gasteiger partial charge on any atom is -0.311 e. The van der Waals surface area contributed by atoms with Crippen molar-refractivity contribution < 1.29 is 8.76 Å². The van der Waals surface area contributed by atoms with Gasteiger partial charge < -0.3 is 9.96 Å². The van der Waals surface area contributed by atoms with Crippen molar-refractivity contribution in [2.24, 2.45) is 0 Å². The fraction of sp³-hybridized carbons (Fsp3) is 0.333. The second-order valence-corrected chi connectivity index (χ2v) is 2.05. The van der Waals surface area contributed by atoms with Crippen LogP contribution >= 0.6 is 0 Å². The Balaban J connectivity index is 3.95. The molecule has 0 aliphatic rings. The van der Waals surface area contributed by atoms with E-state index in [1.165, 1.54) is 6.07 Å². The molecule has 0 heterocycles. The summed E-state index contributed by atoms with van der Waals surface area (Å²) in [6.07, 6.45) is 0.635. The van der Waals surface area contributed by atoms with Gasteiger partial charge in [-0.1, -0.05) is 0 Å². The highest BCUT2D eigenvalue weighted by Gasteiger charge is 2.07. The van der Waals surface area contributed by atoms with Crippen LogP contribution in [0.2, 0.25) is 0 Å². The van der Waals surface area contributed by atoms with Gasteiger partial charge in [-0.25, -0.2) is 4.21 Å². The lowest BCUT2D eigenvalue weighted by atomic mass is 10.5. The van der Waals surface area contributed by atoms with E-state index in [1.54, 1.807) is 0 Å². The SMILES string of the molecule is N#CC(C=N)S(=O)O. The predicted molar refractivity (Wildman–Crippen MR) is 29.0 cm³/mol. The maximum Gasteiger partial charge on any atom is 0.181 e. The van der Waals surface area contributed by atoms with E-state index in [9.17, 15) is 4.21 Å². The minimum atomic E-state index is -2.21. The molecular weight excluding hydrogens is 128 g/mol. The van der Waals surface area contributed by atoms with Crippen molar-refractivity contribution in [2.75, 3.05) is 0 Å². The second kappa shape index (κ2) is 3.29. The van der Waals surface area contributed by atoms with Crippen LogP contribution in [0.15, 0.2) is 0 Å². The summed E-state index contributed by atoms with van der Waals surface area (Å²) in [5.41, 5.74) is 0. The first kappa shape index (κ1) is 7.27. The van der Waals surface area contributed by atoms with Crippen molar-refractivity contribution in [2.45, 2.75) is 5.25 Å². The second-order valence-electron chi connectivity index (χ2n) is 0.993. The molecule has 4 nitrogen and oxygen atoms in total. The maximum atomic E-state index is 9.90. The van der Waals surface area contributed by atoms with Gasteiger partial charge in [-0.2, -0.15) is 5.26 Å². The lowest BCUT2D eigenvalue weighted by Gasteiger charge is -1.89. The average Bonchev–Trinajstić information content (AvgIpc) is 1.69. The molecule has 0 aliphatic carbocycles. The Labute approximate surface area is 48.9 Å². The Morgan fingerprint density at radius 2 is 2.50 bits per heavy atom. The highest BCUT2D eigenvalue weighted by molar-refractivity contribution is 7.80. The molecule has 0 saturated heterocycles. The molecule has 44 valence electrons. The molecule has 0 saturated carbocycles. The molecule has 0 aliphatic heterocycles. The standard InChI is InChI=1S/C3H4N2O2S/c4-1-3(2-5)8(6)7/h1,3-4H,(H,6,7). The molecular formula is C3H4N2O2S. The number of rotatable bonds is 2. The number of hydrogen-bond acceptors (Lipinski definition) is 3. The number of nitrogens with one attached hydrogen (secondary N) is 1. The van der Waals surface area contributed by atoms with Gasteiger partial charge in [0.1, 0.15) is 0 Å². The van der Waals surface area contributed by atoms with Crippen molar-refractivity contribution >= 4 is 17.3 Å². The quantitative estimate of drug-likeness (QED) is 0.401. The van der Waals surface area contributed by atoms with Crippen LogP contribution in [0.1, 0.15) is 0 Å². The zero-order valence-corrected chi connectivity index (χ0v) is 4.68. The summed E-state index contributed by atoms with van der Waals surface area (Å²) in [5, 5.41) is 13.2. The lowest BCUT2D eigenvalue weighted by Crippen LogP contribution is -2.11. The molecule has 8 heavy (non-hydrogen) atoms. The van der Waals surface area contributed by atoms with E-state index in [0.717, 1.165) is 0 Å². The van der Waals surface area contributed by atoms with Gasteiger partial charge in [-0.15, -0.1) is 0 Å². The van der Waals surface area contributed by atoms with Gasteiger partial charge in [-0.05, 0) is 0 Å². The van der Waals surface area contributed by atoms with Gasteiger partial charge >= 0.3 is 0 Å². The molecule has 2 atom stereocenters. The third kappa shape index (κ3) is 1.82. The van der Waals surface area contributed by atoms with Gasteiger partial charge in [-0.3, -0.25) is 0 Å². The smallest absolute Gasteiger partial charge is 0.181 e. The monoisotopic (exact) mass is 132 g/mol. The van der Waals surface area contributed by atoms with E-state index in [0.29, 0.717) is 6.21 Å². The Morgan fingerprint density at radius 3 is 2.50 bits per heavy atom. The van der Waals surface area contributed by atoms with E-state index in [1.807, 2.05) is 0 Å². The first-order valence-electron chi connectivity index (χ1n) is 1.72. The molecule has 0 aromatic rings. The molecule has 0 bridgehead atoms. The van der Waals surface area contributed by atoms with Crippen LogP contribution in [0.3, 0.4) is 0 Å². The van der Waals surface area contributed by atoms with Gasteiger partial charge in [0.25, 0.3) is 0 Å². The zero-order chi connectivity index (χ0) is 6.57. The van der Waals surface area contributed by atoms with E-state index in [4.69, 9.17) is 15.2 Å². The Bertz CT molecular complexity index is 150. The summed E-state index contributed by atoms with van der Waals surface area (Å²) < 4.78 is 18.0. The summed E-state index contributed by atoms with van der Waals surface area (Å²) >= 11 is -2.21. The van der Waals surface area contributed by atoms with Gasteiger partial charge in [0, 0.05) is 6.21 Å². The largest absolute Gasteiger partial charge is 0.311 e. The molecule has 0 amide bonds. The molecule has 0 aromatic carbocycles. The summed E-state index contributed by atoms with van der Waals surface area (Å²) in [6.45, 7) is 0. The average molecular weight is 132 g/mol. The molecule has 0 rings (SSSR count). The zero-order valence-electron chi connectivity index (χ0n) is 3.87. The molecule has 0 spiro atoms. The number of nitrogens with zero attached hydrogens (tertiary/aromatic N) is 1. The van der Waals surface area contributed by atoms with Crippen molar-refractivity contribution in [3.63, 3.8) is 0 Å². The highest BCUT2D eigenvalue weighted by Crippen LogP contribution is 1.84. The summed E-state index contributed by atoms with van der Waals surface area (Å²) in [6, 6.07) is 1.46. The summed E-state index contributed by atoms with van der Waals surface area (Å²) in [5.74, 6) is 0. The van der Waals surface area contributed by atoms with Gasteiger partial charge in [0.15, 0.2) is 16.3 Å². The van der Waals surface area contributed by atoms with Crippen molar-refractivity contribution in [3.8, 4) is 6.07 Å². The van der Waals surface area contributed by atoms with Gasteiger partial charge in [0.05, 0.1) is 6.07 Å². The Kier molecular flexibility index (Phi) is 2.99. The van der Waals surface area contributed by atoms with Crippen molar-refractivity contribution in [3.05, 3.63) is 0 Å². The molecule has 0 fully saturated rings. The van der Waals surface area contributed by atoms with Crippen LogP contribution in [-0.2, 0) is 11.1 Å². The Hall–Kier alpha value is -0.730. The van der Waals surface area contributed by atoms with Crippen molar-refractivity contribution in [1.82, 2.24) is 0 Å². The van der Waals surface area contributed by atoms with E-state index in [2.05, 4.69) is 0 Å². The van der Waals surface area contributed by atoms with Crippen molar-refractivity contribution in [1.29, 1.82) is 10.7 Å². The predicted octanol–water partition coefficient (Wildman–Crippen LogP) is -0.250. The molecule has 0 aromatic heterocycles. The number of hydrogen-bond donors (Lipinski definition) is 2. The van der Waals surface area contributed by atoms with E-state index in [-0.39, 0.29) is 0 Å². The molecule has 2 N–H and O–H groups in total. The topological polar surface area (TPSA) is 84.9 Å². The highest BCUT2D eigenvalue weighted by atomic mass is 32.2. The lowest BCUT2D eigenvalue weighted by molar-refractivity contribution is 0.564. The van der Waals surface area contributed by atoms with E-state index >= 15 is 0 Å². The minimum absolute atomic E-state index is 0.635. The Morgan fingerprint density at radius 1 is 2.00 bits per heavy atom. The van der Waals surface area contributed by atoms with Crippen LogP contribution in [-0.4, -0.2) is 20.2 Å². The van der Waals surface area contributed by atoms with Gasteiger partial charge in [0.2, 0.25) is 0 Å². The van der Waals surface area contributed by atoms with Crippen LogP contribution < -0.4 is 0 Å². The fourth-order valence-electron chi connectivity index (χ4n) is 0.141. The van der Waals surface area contributed by atoms with Crippen LogP contribution in [0.25, 0.3) is 0 Å². The van der Waals surface area contributed by atoms with E-state index < -0.39 is 16.3 Å². The molecule has 0 radical (unpaired) electrons. The summed E-state index contributed by atoms with van der Waals surface area (Å²) in [4.78, 5) is 0. The van der Waals surface area contributed by atoms with Crippen LogP contribution in [0.5, 0.6) is 0 Å².